The monoisotopic (exact) mass is 328 g/mol. The fourth-order valence-electron chi connectivity index (χ4n) is 3.42. The molecule has 3 nitrogen and oxygen atoms in total. The van der Waals surface area contributed by atoms with Gasteiger partial charge in [0.15, 0.2) is 0 Å². The molecular formula is C20H25FN2O. The molecule has 1 N–H and O–H groups in total. The van der Waals surface area contributed by atoms with Crippen LogP contribution in [0.5, 0.6) is 0 Å². The van der Waals surface area contributed by atoms with E-state index in [-0.39, 0.29) is 12.4 Å². The fourth-order valence-corrected chi connectivity index (χ4v) is 3.42. The zero-order valence-electron chi connectivity index (χ0n) is 13.9. The Hall–Kier alpha value is -1.75. The third-order valence-electron chi connectivity index (χ3n) is 4.73. The first-order chi connectivity index (χ1) is 11.8. The summed E-state index contributed by atoms with van der Waals surface area (Å²) < 4.78 is 13.9. The summed E-state index contributed by atoms with van der Waals surface area (Å²) in [5.74, 6) is -0.136. The van der Waals surface area contributed by atoms with Crippen molar-refractivity contribution in [2.45, 2.75) is 25.6 Å². The lowest BCUT2D eigenvalue weighted by Crippen LogP contribution is -2.52. The number of hydrogen-bond donors (Lipinski definition) is 1. The molecule has 1 saturated heterocycles. The van der Waals surface area contributed by atoms with Crippen molar-refractivity contribution in [3.63, 3.8) is 0 Å². The van der Waals surface area contributed by atoms with E-state index in [2.05, 4.69) is 34.1 Å². The van der Waals surface area contributed by atoms with Gasteiger partial charge in [-0.1, -0.05) is 48.5 Å². The van der Waals surface area contributed by atoms with Crippen molar-refractivity contribution < 1.29 is 9.50 Å². The van der Waals surface area contributed by atoms with E-state index >= 15 is 0 Å². The number of hydrogen-bond acceptors (Lipinski definition) is 3. The summed E-state index contributed by atoms with van der Waals surface area (Å²) in [4.78, 5) is 4.73. The first-order valence-electron chi connectivity index (χ1n) is 8.61. The summed E-state index contributed by atoms with van der Waals surface area (Å²) in [5, 5.41) is 9.42. The normalized spacial score (nSPS) is 19.5. The molecular weight excluding hydrogens is 303 g/mol. The van der Waals surface area contributed by atoms with E-state index in [4.69, 9.17) is 0 Å². The van der Waals surface area contributed by atoms with E-state index in [1.54, 1.807) is 6.07 Å². The van der Waals surface area contributed by atoms with Crippen molar-refractivity contribution in [1.29, 1.82) is 0 Å². The number of halogens is 1. The molecule has 2 aromatic rings. The average molecular weight is 328 g/mol. The van der Waals surface area contributed by atoms with Crippen LogP contribution in [0.4, 0.5) is 4.39 Å². The lowest BCUT2D eigenvalue weighted by Gasteiger charge is -2.41. The van der Waals surface area contributed by atoms with E-state index in [1.165, 1.54) is 11.6 Å². The Morgan fingerprint density at radius 3 is 2.46 bits per heavy atom. The standard InChI is InChI=1S/C20H25FN2O/c21-20-9-5-4-8-18(20)15-22-11-12-23(19(16-22)10-13-24)14-17-6-2-1-3-7-17/h1-9,19,24H,10-16H2. The largest absolute Gasteiger partial charge is 0.396 e. The highest BCUT2D eigenvalue weighted by Crippen LogP contribution is 2.19. The molecule has 0 amide bonds. The predicted octanol–water partition coefficient (Wildman–Crippen LogP) is 2.89. The maximum Gasteiger partial charge on any atom is 0.127 e. The molecule has 1 unspecified atom stereocenters. The van der Waals surface area contributed by atoms with Gasteiger partial charge in [0, 0.05) is 50.9 Å². The number of aliphatic hydroxyl groups excluding tert-OH is 1. The molecule has 1 heterocycles. The number of nitrogens with zero attached hydrogens (tertiary/aromatic N) is 2. The van der Waals surface area contributed by atoms with Crippen LogP contribution in [-0.4, -0.2) is 47.2 Å². The van der Waals surface area contributed by atoms with Gasteiger partial charge in [-0.05, 0) is 18.1 Å². The molecule has 0 aliphatic carbocycles. The Bertz CT molecular complexity index is 635. The van der Waals surface area contributed by atoms with Gasteiger partial charge in [0.25, 0.3) is 0 Å². The van der Waals surface area contributed by atoms with Gasteiger partial charge in [-0.3, -0.25) is 9.80 Å². The zero-order chi connectivity index (χ0) is 16.8. The fraction of sp³-hybridized carbons (Fsp3) is 0.400. The molecule has 1 fully saturated rings. The van der Waals surface area contributed by atoms with E-state index in [0.29, 0.717) is 12.6 Å². The van der Waals surface area contributed by atoms with Crippen molar-refractivity contribution in [3.8, 4) is 0 Å². The summed E-state index contributed by atoms with van der Waals surface area (Å²) in [6.45, 7) is 4.44. The molecule has 3 rings (SSSR count). The number of rotatable bonds is 6. The Balaban J connectivity index is 1.63. The van der Waals surface area contributed by atoms with Crippen LogP contribution in [0.3, 0.4) is 0 Å². The predicted molar refractivity (Wildman–Crippen MR) is 94.0 cm³/mol. The Labute approximate surface area is 143 Å². The Morgan fingerprint density at radius 2 is 1.71 bits per heavy atom. The molecule has 0 aromatic heterocycles. The van der Waals surface area contributed by atoms with Gasteiger partial charge in [0.2, 0.25) is 0 Å². The molecule has 128 valence electrons. The van der Waals surface area contributed by atoms with Crippen molar-refractivity contribution in [1.82, 2.24) is 9.80 Å². The van der Waals surface area contributed by atoms with Gasteiger partial charge in [0.1, 0.15) is 5.82 Å². The number of benzene rings is 2. The molecule has 1 aliphatic rings. The van der Waals surface area contributed by atoms with Gasteiger partial charge in [-0.2, -0.15) is 0 Å². The highest BCUT2D eigenvalue weighted by Gasteiger charge is 2.26. The molecule has 1 atom stereocenters. The van der Waals surface area contributed by atoms with Crippen LogP contribution < -0.4 is 0 Å². The lowest BCUT2D eigenvalue weighted by atomic mass is 10.1. The van der Waals surface area contributed by atoms with E-state index in [9.17, 15) is 9.50 Å². The summed E-state index contributed by atoms with van der Waals surface area (Å²) in [6, 6.07) is 17.7. The van der Waals surface area contributed by atoms with Crippen LogP contribution >= 0.6 is 0 Å². The Kier molecular flexibility index (Phi) is 5.96. The van der Waals surface area contributed by atoms with Crippen molar-refractivity contribution >= 4 is 0 Å². The molecule has 24 heavy (non-hydrogen) atoms. The van der Waals surface area contributed by atoms with Crippen LogP contribution in [0.25, 0.3) is 0 Å². The average Bonchev–Trinajstić information content (AvgIpc) is 2.60. The number of aliphatic hydroxyl groups is 1. The molecule has 0 bridgehead atoms. The second kappa shape index (κ2) is 8.38. The maximum atomic E-state index is 13.9. The summed E-state index contributed by atoms with van der Waals surface area (Å²) >= 11 is 0. The maximum absolute atomic E-state index is 13.9. The highest BCUT2D eigenvalue weighted by molar-refractivity contribution is 5.17. The van der Waals surface area contributed by atoms with Gasteiger partial charge in [-0.25, -0.2) is 4.39 Å². The van der Waals surface area contributed by atoms with E-state index in [0.717, 1.165) is 38.2 Å². The van der Waals surface area contributed by atoms with Crippen molar-refractivity contribution in [2.24, 2.45) is 0 Å². The topological polar surface area (TPSA) is 26.7 Å². The van der Waals surface area contributed by atoms with Crippen molar-refractivity contribution in [2.75, 3.05) is 26.2 Å². The SMILES string of the molecule is OCCC1CN(Cc2ccccc2F)CCN1Cc1ccccc1. The molecule has 0 spiro atoms. The summed E-state index contributed by atoms with van der Waals surface area (Å²) in [7, 11) is 0. The zero-order valence-corrected chi connectivity index (χ0v) is 13.9. The van der Waals surface area contributed by atoms with Crippen LogP contribution in [0.2, 0.25) is 0 Å². The first kappa shape index (κ1) is 17.1. The molecule has 2 aromatic carbocycles. The third-order valence-corrected chi connectivity index (χ3v) is 4.73. The molecule has 0 saturated carbocycles. The van der Waals surface area contributed by atoms with E-state index < -0.39 is 0 Å². The van der Waals surface area contributed by atoms with Gasteiger partial charge >= 0.3 is 0 Å². The minimum Gasteiger partial charge on any atom is -0.396 e. The minimum absolute atomic E-state index is 0.136. The molecule has 4 heteroatoms. The molecule has 0 radical (unpaired) electrons. The Morgan fingerprint density at radius 1 is 0.958 bits per heavy atom. The molecule has 1 aliphatic heterocycles. The van der Waals surface area contributed by atoms with Crippen LogP contribution in [0, 0.1) is 5.82 Å². The van der Waals surface area contributed by atoms with Crippen LogP contribution in [0.15, 0.2) is 54.6 Å². The smallest absolute Gasteiger partial charge is 0.127 e. The third kappa shape index (κ3) is 4.41. The van der Waals surface area contributed by atoms with Crippen LogP contribution in [0.1, 0.15) is 17.5 Å². The second-order valence-corrected chi connectivity index (χ2v) is 6.45. The summed E-state index contributed by atoms with van der Waals surface area (Å²) in [6.07, 6.45) is 0.751. The van der Waals surface area contributed by atoms with E-state index in [1.807, 2.05) is 18.2 Å². The summed E-state index contributed by atoms with van der Waals surface area (Å²) in [5.41, 5.74) is 2.04. The van der Waals surface area contributed by atoms with Gasteiger partial charge in [-0.15, -0.1) is 0 Å². The number of piperazine rings is 1. The first-order valence-corrected chi connectivity index (χ1v) is 8.61. The van der Waals surface area contributed by atoms with Gasteiger partial charge in [0.05, 0.1) is 0 Å². The van der Waals surface area contributed by atoms with Gasteiger partial charge < -0.3 is 5.11 Å². The second-order valence-electron chi connectivity index (χ2n) is 6.45. The highest BCUT2D eigenvalue weighted by atomic mass is 19.1. The van der Waals surface area contributed by atoms with Crippen LogP contribution in [-0.2, 0) is 13.1 Å². The van der Waals surface area contributed by atoms with Crippen molar-refractivity contribution in [3.05, 3.63) is 71.5 Å². The lowest BCUT2D eigenvalue weighted by molar-refractivity contribution is 0.0495. The quantitative estimate of drug-likeness (QED) is 0.883. The minimum atomic E-state index is -0.136.